The van der Waals surface area contributed by atoms with Gasteiger partial charge in [-0.2, -0.15) is 0 Å². The number of aromatic nitrogens is 2. The Hall–Kier alpha value is -8.54. The first-order valence-electron chi connectivity index (χ1n) is 24.1. The van der Waals surface area contributed by atoms with Gasteiger partial charge in [-0.25, -0.2) is 0 Å². The Labute approximate surface area is 411 Å². The summed E-state index contributed by atoms with van der Waals surface area (Å²) in [6.45, 7) is 0. The molecule has 14 rings (SSSR count). The van der Waals surface area contributed by atoms with Crippen molar-refractivity contribution in [3.8, 4) is 33.6 Å². The Morgan fingerprint density at radius 2 is 0.800 bits per heavy atom. The molecule has 0 N–H and O–H groups in total. The molecule has 328 valence electrons. The summed E-state index contributed by atoms with van der Waals surface area (Å²) in [4.78, 5) is 0. The quantitative estimate of drug-likeness (QED) is 0.106. The number of nitrogens with zero attached hydrogens (tertiary/aromatic N) is 2. The SMILES string of the molecule is c1ccc(-c2ccc3c(c2)c2cccc(-c4cccc5c4sc4ccccc45)c2n3-c2ccc3c(c2)c2ccccc2n3-c2cccc([Si](c3ccccc3)(c3ccccc3)c3ccccc3)c2)cc1. The fraction of sp³-hybridized carbons (Fsp3) is 0. The van der Waals surface area contributed by atoms with Crippen LogP contribution in [0.15, 0.2) is 267 Å². The molecule has 4 heteroatoms. The molecule has 0 aliphatic carbocycles. The first-order valence-corrected chi connectivity index (χ1v) is 26.9. The van der Waals surface area contributed by atoms with Gasteiger partial charge in [-0.05, 0) is 86.5 Å². The van der Waals surface area contributed by atoms with Crippen molar-refractivity contribution in [1.29, 1.82) is 0 Å². The third-order valence-electron chi connectivity index (χ3n) is 14.7. The summed E-state index contributed by atoms with van der Waals surface area (Å²) in [5, 5.41) is 13.0. The van der Waals surface area contributed by atoms with Crippen molar-refractivity contribution in [3.63, 3.8) is 0 Å². The molecule has 0 spiro atoms. The normalized spacial score (nSPS) is 12.0. The molecule has 0 unspecified atom stereocenters. The maximum Gasteiger partial charge on any atom is 0.179 e. The zero-order valence-corrected chi connectivity index (χ0v) is 40.0. The smallest absolute Gasteiger partial charge is 0.179 e. The Balaban J connectivity index is 1.02. The maximum absolute atomic E-state index is 2.78. The molecule has 2 nitrogen and oxygen atoms in total. The van der Waals surface area contributed by atoms with Gasteiger partial charge < -0.3 is 9.13 Å². The van der Waals surface area contributed by atoms with E-state index in [1.54, 1.807) is 0 Å². The van der Waals surface area contributed by atoms with E-state index in [2.05, 4.69) is 276 Å². The summed E-state index contributed by atoms with van der Waals surface area (Å²) >= 11 is 1.89. The zero-order chi connectivity index (χ0) is 46.2. The zero-order valence-electron chi connectivity index (χ0n) is 38.2. The minimum atomic E-state index is -2.78. The van der Waals surface area contributed by atoms with Crippen LogP contribution in [-0.4, -0.2) is 17.2 Å². The Kier molecular flexibility index (Phi) is 9.44. The molecule has 11 aromatic carbocycles. The van der Waals surface area contributed by atoms with Crippen molar-refractivity contribution < 1.29 is 0 Å². The van der Waals surface area contributed by atoms with Gasteiger partial charge >= 0.3 is 0 Å². The maximum atomic E-state index is 2.53. The molecule has 0 saturated heterocycles. The van der Waals surface area contributed by atoms with E-state index < -0.39 is 8.07 Å². The third-order valence-corrected chi connectivity index (χ3v) is 20.7. The molecule has 0 radical (unpaired) electrons. The molecule has 0 amide bonds. The van der Waals surface area contributed by atoms with Gasteiger partial charge in [-0.1, -0.05) is 212 Å². The summed E-state index contributed by atoms with van der Waals surface area (Å²) in [7, 11) is -2.78. The summed E-state index contributed by atoms with van der Waals surface area (Å²) < 4.78 is 7.65. The molecular formula is C66H44N2SSi. The summed E-state index contributed by atoms with van der Waals surface area (Å²) in [6, 6.07) is 99.5. The van der Waals surface area contributed by atoms with Gasteiger partial charge in [0.25, 0.3) is 0 Å². The van der Waals surface area contributed by atoms with Crippen molar-refractivity contribution >= 4 is 104 Å². The van der Waals surface area contributed by atoms with Crippen molar-refractivity contribution in [2.75, 3.05) is 0 Å². The van der Waals surface area contributed by atoms with E-state index >= 15 is 0 Å². The Morgan fingerprint density at radius 3 is 1.53 bits per heavy atom. The summed E-state index contributed by atoms with van der Waals surface area (Å²) in [6.07, 6.45) is 0. The van der Waals surface area contributed by atoms with E-state index in [1.807, 2.05) is 11.3 Å². The third kappa shape index (κ3) is 6.17. The van der Waals surface area contributed by atoms with Crippen molar-refractivity contribution in [2.24, 2.45) is 0 Å². The van der Waals surface area contributed by atoms with Gasteiger partial charge in [0.05, 0.1) is 22.1 Å². The van der Waals surface area contributed by atoms with E-state index in [0.717, 1.165) is 11.4 Å². The second-order valence-electron chi connectivity index (χ2n) is 18.4. The minimum absolute atomic E-state index is 1.14. The standard InChI is InChI=1S/C66H44N2SSi/c1-5-20-45(21-6-1)46-38-40-63-59(42-46)56-33-18-32-55(58-35-19-34-57-54-31-14-16-37-64(54)69-66(57)58)65(56)68(63)48-39-41-62-60(44-48)53-30-13-15-36-61(53)67(62)47-22-17-29-52(43-47)70(49-23-7-2-8-24-49,50-25-9-3-10-26-50)51-27-11-4-12-28-51/h1-44H. The van der Waals surface area contributed by atoms with Crippen LogP contribution in [0.3, 0.4) is 0 Å². The molecule has 3 heterocycles. The van der Waals surface area contributed by atoms with E-state index in [-0.39, 0.29) is 0 Å². The van der Waals surface area contributed by atoms with Crippen LogP contribution in [0.25, 0.3) is 97.4 Å². The Bertz CT molecular complexity index is 4190. The molecule has 0 bridgehead atoms. The van der Waals surface area contributed by atoms with Crippen LogP contribution in [0.5, 0.6) is 0 Å². The van der Waals surface area contributed by atoms with Crippen LogP contribution in [0.4, 0.5) is 0 Å². The molecular weight excluding hydrogens is 881 g/mol. The van der Waals surface area contributed by atoms with Gasteiger partial charge in [0, 0.05) is 64.2 Å². The predicted octanol–water partition coefficient (Wildman–Crippen LogP) is 15.0. The Morgan fingerprint density at radius 1 is 0.286 bits per heavy atom. The lowest BCUT2D eigenvalue weighted by molar-refractivity contribution is 1.17. The fourth-order valence-corrected chi connectivity index (χ4v) is 17.7. The second kappa shape index (κ2) is 16.3. The van der Waals surface area contributed by atoms with Crippen LogP contribution in [0.2, 0.25) is 0 Å². The number of fused-ring (bicyclic) bond motifs is 9. The highest BCUT2D eigenvalue weighted by atomic mass is 32.1. The largest absolute Gasteiger partial charge is 0.309 e. The van der Waals surface area contributed by atoms with Crippen LogP contribution in [-0.2, 0) is 0 Å². The van der Waals surface area contributed by atoms with Crippen LogP contribution in [0, 0.1) is 0 Å². The summed E-state index contributed by atoms with van der Waals surface area (Å²) in [5.41, 5.74) is 12.0. The topological polar surface area (TPSA) is 9.86 Å². The van der Waals surface area contributed by atoms with Crippen LogP contribution in [0.1, 0.15) is 0 Å². The lowest BCUT2D eigenvalue weighted by Gasteiger charge is -2.34. The molecule has 14 aromatic rings. The molecule has 0 atom stereocenters. The monoisotopic (exact) mass is 924 g/mol. The number of hydrogen-bond donors (Lipinski definition) is 0. The molecule has 0 aliphatic rings. The van der Waals surface area contributed by atoms with Crippen molar-refractivity contribution in [2.45, 2.75) is 0 Å². The molecule has 70 heavy (non-hydrogen) atoms. The van der Waals surface area contributed by atoms with E-state index in [9.17, 15) is 0 Å². The van der Waals surface area contributed by atoms with Gasteiger partial charge in [-0.3, -0.25) is 0 Å². The van der Waals surface area contributed by atoms with Crippen LogP contribution >= 0.6 is 11.3 Å². The number of para-hydroxylation sites is 2. The minimum Gasteiger partial charge on any atom is -0.309 e. The highest BCUT2D eigenvalue weighted by Gasteiger charge is 2.41. The lowest BCUT2D eigenvalue weighted by Crippen LogP contribution is -2.74. The van der Waals surface area contributed by atoms with Gasteiger partial charge in [0.15, 0.2) is 8.07 Å². The molecule has 0 fully saturated rings. The predicted molar refractivity (Wildman–Crippen MR) is 302 cm³/mol. The first-order chi connectivity index (χ1) is 34.7. The fourth-order valence-electron chi connectivity index (χ4n) is 11.6. The molecule has 0 aliphatic heterocycles. The van der Waals surface area contributed by atoms with E-state index in [0.29, 0.717) is 0 Å². The van der Waals surface area contributed by atoms with Crippen molar-refractivity contribution in [3.05, 3.63) is 267 Å². The number of benzene rings is 11. The summed E-state index contributed by atoms with van der Waals surface area (Å²) in [5.74, 6) is 0. The van der Waals surface area contributed by atoms with E-state index in [4.69, 9.17) is 0 Å². The number of hydrogen-bond acceptors (Lipinski definition) is 1. The average Bonchev–Trinajstić information content (AvgIpc) is 4.10. The lowest BCUT2D eigenvalue weighted by atomic mass is 9.99. The number of rotatable bonds is 8. The van der Waals surface area contributed by atoms with Crippen molar-refractivity contribution in [1.82, 2.24) is 9.13 Å². The molecule has 3 aromatic heterocycles. The average molecular weight is 925 g/mol. The highest BCUT2D eigenvalue weighted by Crippen LogP contribution is 2.45. The highest BCUT2D eigenvalue weighted by molar-refractivity contribution is 7.26. The van der Waals surface area contributed by atoms with Gasteiger partial charge in [-0.15, -0.1) is 11.3 Å². The second-order valence-corrected chi connectivity index (χ2v) is 23.2. The first kappa shape index (κ1) is 40.5. The number of thiophene rings is 1. The molecule has 0 saturated carbocycles. The van der Waals surface area contributed by atoms with Gasteiger partial charge in [0.2, 0.25) is 0 Å². The van der Waals surface area contributed by atoms with Crippen LogP contribution < -0.4 is 20.7 Å². The van der Waals surface area contributed by atoms with E-state index in [1.165, 1.54) is 107 Å². The van der Waals surface area contributed by atoms with Gasteiger partial charge in [0.1, 0.15) is 0 Å².